The fourth-order valence-electron chi connectivity index (χ4n) is 1.11. The quantitative estimate of drug-likeness (QED) is 0.549. The van der Waals surface area contributed by atoms with Crippen LogP contribution in [-0.4, -0.2) is 26.7 Å². The Morgan fingerprint density at radius 3 is 2.60 bits per heavy atom. The number of hydrogen-bond acceptors (Lipinski definition) is 3. The molecule has 0 aliphatic heterocycles. The van der Waals surface area contributed by atoms with E-state index < -0.39 is 0 Å². The number of nitrogens with one attached hydrogen (secondary N) is 1. The van der Waals surface area contributed by atoms with Gasteiger partial charge in [0, 0.05) is 25.8 Å². The third-order valence-electron chi connectivity index (χ3n) is 1.84. The highest BCUT2D eigenvalue weighted by atomic mass is 16.5. The summed E-state index contributed by atoms with van der Waals surface area (Å²) in [6.07, 6.45) is 1.51. The lowest BCUT2D eigenvalue weighted by molar-refractivity contribution is -0.105. The molecule has 4 heteroatoms. The lowest BCUT2D eigenvalue weighted by Crippen LogP contribution is -2.01. The molecule has 15 heavy (non-hydrogen) atoms. The maximum atomic E-state index is 10.1. The van der Waals surface area contributed by atoms with Gasteiger partial charge in [0.15, 0.2) is 0 Å². The molecule has 1 aromatic rings. The van der Waals surface area contributed by atoms with Crippen molar-refractivity contribution >= 4 is 12.1 Å². The summed E-state index contributed by atoms with van der Waals surface area (Å²) in [5.41, 5.74) is 0.759. The highest BCUT2D eigenvalue weighted by molar-refractivity contribution is 5.71. The van der Waals surface area contributed by atoms with Crippen LogP contribution in [0.2, 0.25) is 0 Å². The van der Waals surface area contributed by atoms with Gasteiger partial charge in [-0.15, -0.1) is 0 Å². The molecule has 0 saturated carbocycles. The van der Waals surface area contributed by atoms with Gasteiger partial charge in [-0.2, -0.15) is 0 Å². The molecule has 0 spiro atoms. The van der Waals surface area contributed by atoms with Crippen molar-refractivity contribution in [1.82, 2.24) is 0 Å². The van der Waals surface area contributed by atoms with Gasteiger partial charge in [-0.05, 0) is 24.3 Å². The second kappa shape index (κ2) is 6.84. The molecule has 0 fully saturated rings. The molecule has 0 atom stereocenters. The Hall–Kier alpha value is -1.55. The Balaban J connectivity index is 2.32. The highest BCUT2D eigenvalue weighted by Gasteiger charge is 1.94. The van der Waals surface area contributed by atoms with Crippen LogP contribution in [0.15, 0.2) is 24.3 Å². The molecule has 0 aliphatic carbocycles. The van der Waals surface area contributed by atoms with Crippen molar-refractivity contribution in [2.24, 2.45) is 0 Å². The predicted molar refractivity (Wildman–Crippen MR) is 58.1 cm³/mol. The molecule has 0 radical (unpaired) electrons. The third-order valence-corrected chi connectivity index (χ3v) is 1.84. The summed E-state index contributed by atoms with van der Waals surface area (Å²) < 4.78 is 10.3. The van der Waals surface area contributed by atoms with E-state index in [2.05, 4.69) is 5.32 Å². The maximum absolute atomic E-state index is 10.1. The Labute approximate surface area is 89.2 Å². The molecule has 0 heterocycles. The van der Waals surface area contributed by atoms with Crippen molar-refractivity contribution in [3.05, 3.63) is 24.3 Å². The Kier molecular flexibility index (Phi) is 5.25. The molecule has 0 aliphatic rings. The van der Waals surface area contributed by atoms with Crippen LogP contribution in [0.25, 0.3) is 0 Å². The number of hydrogen-bond donors (Lipinski definition) is 1. The SMILES string of the molecule is COCCCOc1ccc(NC=O)cc1. The van der Waals surface area contributed by atoms with Crippen molar-refractivity contribution in [3.8, 4) is 5.75 Å². The fourth-order valence-corrected chi connectivity index (χ4v) is 1.11. The van der Waals surface area contributed by atoms with E-state index in [1.807, 2.05) is 12.1 Å². The molecular formula is C11H15NO3. The van der Waals surface area contributed by atoms with Crippen molar-refractivity contribution in [1.29, 1.82) is 0 Å². The molecule has 0 aromatic heterocycles. The zero-order valence-electron chi connectivity index (χ0n) is 8.73. The summed E-state index contributed by atoms with van der Waals surface area (Å²) in [4.78, 5) is 10.1. The van der Waals surface area contributed by atoms with Crippen molar-refractivity contribution in [2.75, 3.05) is 25.6 Å². The monoisotopic (exact) mass is 209 g/mol. The molecule has 82 valence electrons. The van der Waals surface area contributed by atoms with E-state index >= 15 is 0 Å². The first-order valence-electron chi connectivity index (χ1n) is 4.79. The minimum atomic E-state index is 0.633. The fraction of sp³-hybridized carbons (Fsp3) is 0.364. The summed E-state index contributed by atoms with van der Waals surface area (Å²) in [6.45, 7) is 1.33. The van der Waals surface area contributed by atoms with Gasteiger partial charge in [-0.1, -0.05) is 0 Å². The van der Waals surface area contributed by atoms with Gasteiger partial charge in [-0.25, -0.2) is 0 Å². The number of rotatable bonds is 7. The van der Waals surface area contributed by atoms with E-state index in [4.69, 9.17) is 9.47 Å². The Morgan fingerprint density at radius 1 is 1.27 bits per heavy atom. The molecular weight excluding hydrogens is 194 g/mol. The standard InChI is InChI=1S/C11H15NO3/c1-14-7-2-8-15-11-5-3-10(4-6-11)12-9-13/h3-6,9H,2,7-8H2,1H3,(H,12,13). The van der Waals surface area contributed by atoms with Crippen molar-refractivity contribution in [2.45, 2.75) is 6.42 Å². The van der Waals surface area contributed by atoms with Crippen LogP contribution in [0.3, 0.4) is 0 Å². The van der Waals surface area contributed by atoms with Crippen LogP contribution < -0.4 is 10.1 Å². The van der Waals surface area contributed by atoms with Crippen molar-refractivity contribution < 1.29 is 14.3 Å². The van der Waals surface area contributed by atoms with E-state index in [0.29, 0.717) is 19.6 Å². The normalized spacial score (nSPS) is 9.67. The maximum Gasteiger partial charge on any atom is 0.211 e. The van der Waals surface area contributed by atoms with E-state index in [0.717, 1.165) is 17.9 Å². The Morgan fingerprint density at radius 2 is 2.00 bits per heavy atom. The minimum Gasteiger partial charge on any atom is -0.494 e. The summed E-state index contributed by atoms with van der Waals surface area (Å²) in [7, 11) is 1.67. The van der Waals surface area contributed by atoms with Crippen molar-refractivity contribution in [3.63, 3.8) is 0 Å². The molecule has 0 bridgehead atoms. The number of anilines is 1. The minimum absolute atomic E-state index is 0.633. The van der Waals surface area contributed by atoms with Gasteiger partial charge >= 0.3 is 0 Å². The van der Waals surface area contributed by atoms with Gasteiger partial charge < -0.3 is 14.8 Å². The molecule has 1 amide bonds. The number of amides is 1. The van der Waals surface area contributed by atoms with Crippen LogP contribution in [0, 0.1) is 0 Å². The average Bonchev–Trinajstić information content (AvgIpc) is 2.27. The van der Waals surface area contributed by atoms with Gasteiger partial charge in [0.2, 0.25) is 6.41 Å². The second-order valence-corrected chi connectivity index (χ2v) is 2.98. The molecule has 1 aromatic carbocycles. The predicted octanol–water partition coefficient (Wildman–Crippen LogP) is 1.67. The molecule has 1 N–H and O–H groups in total. The number of carbonyl (C=O) groups excluding carboxylic acids is 1. The molecule has 0 saturated heterocycles. The number of carbonyl (C=O) groups is 1. The summed E-state index contributed by atoms with van der Waals surface area (Å²) in [5.74, 6) is 0.794. The van der Waals surface area contributed by atoms with Crippen LogP contribution in [0.4, 0.5) is 5.69 Å². The van der Waals surface area contributed by atoms with E-state index in [1.54, 1.807) is 19.2 Å². The Bertz CT molecular complexity index is 284. The molecule has 1 rings (SSSR count). The first-order valence-corrected chi connectivity index (χ1v) is 4.79. The number of methoxy groups -OCH3 is 1. The van der Waals surface area contributed by atoms with E-state index in [1.165, 1.54) is 0 Å². The summed E-state index contributed by atoms with van der Waals surface area (Å²) in [5, 5.41) is 2.56. The smallest absolute Gasteiger partial charge is 0.211 e. The third kappa shape index (κ3) is 4.46. The van der Waals surface area contributed by atoms with Gasteiger partial charge in [0.1, 0.15) is 5.75 Å². The molecule has 0 unspecified atom stereocenters. The lowest BCUT2D eigenvalue weighted by atomic mass is 10.3. The highest BCUT2D eigenvalue weighted by Crippen LogP contribution is 2.15. The second-order valence-electron chi connectivity index (χ2n) is 2.98. The summed E-state index contributed by atoms with van der Waals surface area (Å²) >= 11 is 0. The van der Waals surface area contributed by atoms with E-state index in [-0.39, 0.29) is 0 Å². The average molecular weight is 209 g/mol. The van der Waals surface area contributed by atoms with Crippen LogP contribution in [-0.2, 0) is 9.53 Å². The number of benzene rings is 1. The van der Waals surface area contributed by atoms with Gasteiger partial charge in [0.25, 0.3) is 0 Å². The zero-order valence-corrected chi connectivity index (χ0v) is 8.73. The van der Waals surface area contributed by atoms with Gasteiger partial charge in [-0.3, -0.25) is 4.79 Å². The first kappa shape index (κ1) is 11.5. The van der Waals surface area contributed by atoms with Crippen LogP contribution in [0.5, 0.6) is 5.75 Å². The van der Waals surface area contributed by atoms with Gasteiger partial charge in [0.05, 0.1) is 6.61 Å². The van der Waals surface area contributed by atoms with Crippen LogP contribution >= 0.6 is 0 Å². The first-order chi connectivity index (χ1) is 7.36. The molecule has 4 nitrogen and oxygen atoms in total. The number of ether oxygens (including phenoxy) is 2. The van der Waals surface area contributed by atoms with E-state index in [9.17, 15) is 4.79 Å². The topological polar surface area (TPSA) is 47.6 Å². The summed E-state index contributed by atoms with van der Waals surface area (Å²) in [6, 6.07) is 7.22. The largest absolute Gasteiger partial charge is 0.494 e. The zero-order chi connectivity index (χ0) is 10.9. The van der Waals surface area contributed by atoms with Crippen LogP contribution in [0.1, 0.15) is 6.42 Å². The lowest BCUT2D eigenvalue weighted by Gasteiger charge is -2.06.